The molecule has 0 aromatic heterocycles. The fraction of sp³-hybridized carbons (Fsp3) is 0.533. The molecular weight excluding hydrogens is 289 g/mol. The monoisotopic (exact) mass is 306 g/mol. The molecule has 20 heavy (non-hydrogen) atoms. The highest BCUT2D eigenvalue weighted by Gasteiger charge is 2.44. The summed E-state index contributed by atoms with van der Waals surface area (Å²) in [6.45, 7) is 6.99. The van der Waals surface area contributed by atoms with E-state index in [0.717, 1.165) is 12.5 Å². The van der Waals surface area contributed by atoms with Gasteiger partial charge in [0.25, 0.3) is 0 Å². The zero-order valence-corrected chi connectivity index (χ0v) is 12.6. The number of halogens is 4. The van der Waals surface area contributed by atoms with Crippen molar-refractivity contribution in [2.45, 2.75) is 45.2 Å². The van der Waals surface area contributed by atoms with Gasteiger partial charge < -0.3 is 0 Å². The molecule has 112 valence electrons. The molecule has 1 nitrogen and oxygen atoms in total. The van der Waals surface area contributed by atoms with Crippen molar-refractivity contribution in [3.05, 3.63) is 35.4 Å². The molecule has 5 heteroatoms. The predicted molar refractivity (Wildman–Crippen MR) is 74.0 cm³/mol. The summed E-state index contributed by atoms with van der Waals surface area (Å²) in [5, 5.41) is -0.988. The number of rotatable bonds is 3. The molecule has 0 aliphatic carbocycles. The Hall–Kier alpha value is -1.03. The Morgan fingerprint density at radius 1 is 1.10 bits per heavy atom. The van der Waals surface area contributed by atoms with Gasteiger partial charge in [-0.15, -0.1) is 0 Å². The Bertz CT molecular complexity index is 471. The Morgan fingerprint density at radius 2 is 1.55 bits per heavy atom. The average molecular weight is 307 g/mol. The van der Waals surface area contributed by atoms with Gasteiger partial charge in [0, 0.05) is 0 Å². The molecule has 0 amide bonds. The summed E-state index contributed by atoms with van der Waals surface area (Å²) in [6.07, 6.45) is -4.46. The molecule has 0 spiro atoms. The molecule has 2 atom stereocenters. The van der Waals surface area contributed by atoms with Crippen LogP contribution in [0.3, 0.4) is 0 Å². The van der Waals surface area contributed by atoms with Crippen molar-refractivity contribution in [1.82, 2.24) is 0 Å². The number of alkyl halides is 3. The molecular formula is C15H18ClF3O. The summed E-state index contributed by atoms with van der Waals surface area (Å²) in [5.74, 6) is -3.18. The quantitative estimate of drug-likeness (QED) is 0.716. The molecule has 2 unspecified atom stereocenters. The van der Waals surface area contributed by atoms with Crippen molar-refractivity contribution >= 4 is 16.8 Å². The minimum absolute atomic E-state index is 0.103. The summed E-state index contributed by atoms with van der Waals surface area (Å²) in [5.41, 5.74) is 1.18. The van der Waals surface area contributed by atoms with Crippen molar-refractivity contribution in [3.63, 3.8) is 0 Å². The molecule has 0 heterocycles. The number of carbonyl (C=O) groups excluding carboxylic acids is 1. The third kappa shape index (κ3) is 3.98. The third-order valence-electron chi connectivity index (χ3n) is 3.40. The van der Waals surface area contributed by atoms with Gasteiger partial charge in [0.1, 0.15) is 0 Å². The van der Waals surface area contributed by atoms with Crippen molar-refractivity contribution in [2.75, 3.05) is 0 Å². The highest BCUT2D eigenvalue weighted by molar-refractivity contribution is 6.64. The molecule has 0 N–H and O–H groups in total. The molecule has 1 rings (SSSR count). The molecule has 0 radical (unpaired) electrons. The number of benzene rings is 1. The van der Waals surface area contributed by atoms with Crippen LogP contribution in [0.5, 0.6) is 0 Å². The highest BCUT2D eigenvalue weighted by atomic mass is 35.5. The van der Waals surface area contributed by atoms with Gasteiger partial charge in [0.2, 0.25) is 5.24 Å². The van der Waals surface area contributed by atoms with Gasteiger partial charge in [-0.3, -0.25) is 4.79 Å². The fourth-order valence-electron chi connectivity index (χ4n) is 2.00. The van der Waals surface area contributed by atoms with Gasteiger partial charge in [-0.05, 0) is 28.1 Å². The van der Waals surface area contributed by atoms with Crippen LogP contribution in [0.25, 0.3) is 0 Å². The number of hydrogen-bond donors (Lipinski definition) is 0. The lowest BCUT2D eigenvalue weighted by atomic mass is 9.83. The van der Waals surface area contributed by atoms with E-state index in [1.165, 1.54) is 0 Å². The van der Waals surface area contributed by atoms with Crippen molar-refractivity contribution in [1.29, 1.82) is 0 Å². The Balaban J connectivity index is 3.15. The Morgan fingerprint density at radius 3 is 1.85 bits per heavy atom. The minimum atomic E-state index is -4.46. The number of hydrogen-bond acceptors (Lipinski definition) is 1. The lowest BCUT2D eigenvalue weighted by molar-refractivity contribution is -0.177. The second-order valence-electron chi connectivity index (χ2n) is 5.98. The van der Waals surface area contributed by atoms with Gasteiger partial charge in [-0.1, -0.05) is 52.0 Å². The molecule has 0 bridgehead atoms. The topological polar surface area (TPSA) is 17.1 Å². The molecule has 0 fully saturated rings. The lowest BCUT2D eigenvalue weighted by Crippen LogP contribution is -2.29. The maximum Gasteiger partial charge on any atom is 0.392 e. The molecule has 0 aliphatic rings. The van der Waals surface area contributed by atoms with Gasteiger partial charge in [-0.25, -0.2) is 0 Å². The van der Waals surface area contributed by atoms with E-state index in [0.29, 0.717) is 5.56 Å². The summed E-state index contributed by atoms with van der Waals surface area (Å²) >= 11 is 5.37. The van der Waals surface area contributed by atoms with Gasteiger partial charge >= 0.3 is 6.18 Å². The van der Waals surface area contributed by atoms with Gasteiger partial charge in [0.05, 0.1) is 11.8 Å². The molecule has 1 aromatic rings. The van der Waals surface area contributed by atoms with E-state index in [-0.39, 0.29) is 5.41 Å². The van der Waals surface area contributed by atoms with E-state index in [4.69, 9.17) is 11.6 Å². The smallest absolute Gasteiger partial charge is 0.281 e. The minimum Gasteiger partial charge on any atom is -0.281 e. The first kappa shape index (κ1) is 17.0. The van der Waals surface area contributed by atoms with Crippen molar-refractivity contribution in [2.24, 2.45) is 5.92 Å². The van der Waals surface area contributed by atoms with Crippen LogP contribution < -0.4 is 0 Å². The third-order valence-corrected chi connectivity index (χ3v) is 3.63. The first-order valence-electron chi connectivity index (χ1n) is 6.31. The van der Waals surface area contributed by atoms with E-state index < -0.39 is 23.3 Å². The molecule has 0 saturated carbocycles. The van der Waals surface area contributed by atoms with E-state index in [2.05, 4.69) is 0 Å². The molecule has 1 aromatic carbocycles. The maximum absolute atomic E-state index is 12.8. The van der Waals surface area contributed by atoms with Crippen LogP contribution in [0.1, 0.15) is 44.7 Å². The zero-order valence-electron chi connectivity index (χ0n) is 11.9. The highest BCUT2D eigenvalue weighted by Crippen LogP contribution is 2.39. The van der Waals surface area contributed by atoms with Crippen LogP contribution in [0, 0.1) is 5.92 Å². The summed E-state index contributed by atoms with van der Waals surface area (Å²) in [4.78, 5) is 11.4. The van der Waals surface area contributed by atoms with Crippen LogP contribution in [-0.4, -0.2) is 11.4 Å². The first-order chi connectivity index (χ1) is 8.94. The van der Waals surface area contributed by atoms with Crippen molar-refractivity contribution in [3.8, 4) is 0 Å². The van der Waals surface area contributed by atoms with Crippen LogP contribution in [-0.2, 0) is 10.2 Å². The molecule has 0 saturated heterocycles. The normalized spacial score (nSPS) is 15.8. The van der Waals surface area contributed by atoms with Crippen LogP contribution in [0.15, 0.2) is 24.3 Å². The fourth-order valence-corrected chi connectivity index (χ4v) is 2.31. The second-order valence-corrected chi connectivity index (χ2v) is 6.36. The second kappa shape index (κ2) is 5.76. The standard InChI is InChI=1S/C15H18ClF3O/c1-9(15(17,18)19)12(13(16)20)10-5-7-11(8-6-10)14(2,3)4/h5-9,12H,1-4H3. The predicted octanol–water partition coefficient (Wildman–Crippen LogP) is 5.03. The largest absolute Gasteiger partial charge is 0.392 e. The summed E-state index contributed by atoms with van der Waals surface area (Å²) in [6, 6.07) is 6.58. The summed E-state index contributed by atoms with van der Waals surface area (Å²) in [7, 11) is 0. The number of carbonyl (C=O) groups is 1. The Labute approximate surface area is 122 Å². The maximum atomic E-state index is 12.8. The Kier molecular flexibility index (Phi) is 4.90. The van der Waals surface area contributed by atoms with Crippen molar-refractivity contribution < 1.29 is 18.0 Å². The average Bonchev–Trinajstić information content (AvgIpc) is 2.26. The van der Waals surface area contributed by atoms with E-state index >= 15 is 0 Å². The van der Waals surface area contributed by atoms with E-state index in [1.54, 1.807) is 24.3 Å². The van der Waals surface area contributed by atoms with Crippen LogP contribution in [0.4, 0.5) is 13.2 Å². The SMILES string of the molecule is CC(C(C(=O)Cl)c1ccc(C(C)(C)C)cc1)C(F)(F)F. The lowest BCUT2D eigenvalue weighted by Gasteiger charge is -2.25. The molecule has 0 aliphatic heterocycles. The van der Waals surface area contributed by atoms with Crippen LogP contribution in [0.2, 0.25) is 0 Å². The first-order valence-corrected chi connectivity index (χ1v) is 6.69. The van der Waals surface area contributed by atoms with Gasteiger partial charge in [0.15, 0.2) is 0 Å². The van der Waals surface area contributed by atoms with Gasteiger partial charge in [-0.2, -0.15) is 13.2 Å². The summed E-state index contributed by atoms with van der Waals surface area (Å²) < 4.78 is 38.4. The van der Waals surface area contributed by atoms with E-state index in [9.17, 15) is 18.0 Å². The van der Waals surface area contributed by atoms with E-state index in [1.807, 2.05) is 20.8 Å². The zero-order chi connectivity index (χ0) is 15.7. The van der Waals surface area contributed by atoms with Crippen LogP contribution >= 0.6 is 11.6 Å².